The predicted molar refractivity (Wildman–Crippen MR) is 68.9 cm³/mol. The zero-order valence-electron chi connectivity index (χ0n) is 9.97. The number of hydrogen-bond donors (Lipinski definition) is 2. The van der Waals surface area contributed by atoms with Crippen molar-refractivity contribution in [2.75, 3.05) is 7.05 Å². The minimum atomic E-state index is -1.58. The van der Waals surface area contributed by atoms with Crippen LogP contribution in [0.15, 0.2) is 48.5 Å². The van der Waals surface area contributed by atoms with Crippen LogP contribution in [-0.2, 0) is 10.4 Å². The number of benzene rings is 2. The molecule has 1 amide bonds. The summed E-state index contributed by atoms with van der Waals surface area (Å²) in [5.74, 6) is -0.403. The molecule has 2 aromatic carbocycles. The van der Waals surface area contributed by atoms with E-state index in [0.717, 1.165) is 11.1 Å². The van der Waals surface area contributed by atoms with Gasteiger partial charge in [0.15, 0.2) is 5.60 Å². The van der Waals surface area contributed by atoms with E-state index in [9.17, 15) is 9.90 Å². The summed E-state index contributed by atoms with van der Waals surface area (Å²) in [6, 6.07) is 14.9. The Morgan fingerprint density at radius 2 is 1.44 bits per heavy atom. The molecule has 0 aliphatic heterocycles. The third kappa shape index (κ3) is 1.19. The van der Waals surface area contributed by atoms with Gasteiger partial charge in [0.2, 0.25) is 0 Å². The van der Waals surface area contributed by atoms with Gasteiger partial charge in [0, 0.05) is 18.2 Å². The monoisotopic (exact) mass is 239 g/mol. The van der Waals surface area contributed by atoms with E-state index in [4.69, 9.17) is 0 Å². The van der Waals surface area contributed by atoms with Crippen molar-refractivity contribution in [3.05, 3.63) is 59.7 Å². The van der Waals surface area contributed by atoms with Crippen LogP contribution in [0.25, 0.3) is 11.1 Å². The molecule has 0 saturated heterocycles. The third-order valence-corrected chi connectivity index (χ3v) is 3.48. The van der Waals surface area contributed by atoms with Crippen molar-refractivity contribution in [3.63, 3.8) is 0 Å². The molecule has 90 valence electrons. The number of carbonyl (C=O) groups excluding carboxylic acids is 1. The van der Waals surface area contributed by atoms with Crippen LogP contribution in [0.2, 0.25) is 0 Å². The SMILES string of the molecule is CNC(=O)C1(O)c2ccccc2-c2ccccc21. The molecule has 18 heavy (non-hydrogen) atoms. The average Bonchev–Trinajstić information content (AvgIpc) is 2.70. The molecule has 3 nitrogen and oxygen atoms in total. The van der Waals surface area contributed by atoms with Gasteiger partial charge in [-0.2, -0.15) is 0 Å². The maximum absolute atomic E-state index is 12.1. The van der Waals surface area contributed by atoms with Gasteiger partial charge in [0.25, 0.3) is 5.91 Å². The van der Waals surface area contributed by atoms with Crippen molar-refractivity contribution >= 4 is 5.91 Å². The van der Waals surface area contributed by atoms with Crippen LogP contribution in [0.1, 0.15) is 11.1 Å². The molecule has 0 spiro atoms. The van der Waals surface area contributed by atoms with Crippen LogP contribution in [0.4, 0.5) is 0 Å². The van der Waals surface area contributed by atoms with Gasteiger partial charge < -0.3 is 10.4 Å². The molecule has 0 fully saturated rings. The smallest absolute Gasteiger partial charge is 0.261 e. The maximum atomic E-state index is 12.1. The normalized spacial score (nSPS) is 14.8. The molecule has 3 rings (SSSR count). The zero-order valence-corrected chi connectivity index (χ0v) is 9.97. The van der Waals surface area contributed by atoms with E-state index in [-0.39, 0.29) is 0 Å². The van der Waals surface area contributed by atoms with Gasteiger partial charge in [-0.25, -0.2) is 0 Å². The maximum Gasteiger partial charge on any atom is 0.261 e. The fourth-order valence-corrected chi connectivity index (χ4v) is 2.64. The first-order valence-electron chi connectivity index (χ1n) is 5.83. The Hall–Kier alpha value is -2.13. The van der Waals surface area contributed by atoms with Gasteiger partial charge in [0.1, 0.15) is 0 Å². The van der Waals surface area contributed by atoms with Crippen LogP contribution < -0.4 is 5.32 Å². The van der Waals surface area contributed by atoms with Gasteiger partial charge in [-0.1, -0.05) is 48.5 Å². The molecule has 0 unspecified atom stereocenters. The average molecular weight is 239 g/mol. The summed E-state index contributed by atoms with van der Waals surface area (Å²) in [7, 11) is 1.53. The molecule has 0 heterocycles. The number of fused-ring (bicyclic) bond motifs is 3. The Kier molecular flexibility index (Phi) is 2.25. The fourth-order valence-electron chi connectivity index (χ4n) is 2.64. The standard InChI is InChI=1S/C15H13NO2/c1-16-14(17)15(18)12-8-4-2-6-10(12)11-7-3-5-9-13(11)15/h2-9,18H,1H3,(H,16,17). The molecule has 0 aromatic heterocycles. The van der Waals surface area contributed by atoms with Crippen molar-refractivity contribution in [1.82, 2.24) is 5.32 Å². The van der Waals surface area contributed by atoms with Crippen LogP contribution in [0, 0.1) is 0 Å². The summed E-state index contributed by atoms with van der Waals surface area (Å²) in [6.07, 6.45) is 0. The number of amides is 1. The highest BCUT2D eigenvalue weighted by Crippen LogP contribution is 2.47. The molecule has 1 aliphatic rings. The Balaban J connectivity index is 2.37. The summed E-state index contributed by atoms with van der Waals surface area (Å²) in [5, 5.41) is 13.4. The molecule has 1 aliphatic carbocycles. The Morgan fingerprint density at radius 3 is 1.89 bits per heavy atom. The van der Waals surface area contributed by atoms with Gasteiger partial charge >= 0.3 is 0 Å². The van der Waals surface area contributed by atoms with Crippen molar-refractivity contribution < 1.29 is 9.90 Å². The lowest BCUT2D eigenvalue weighted by atomic mass is 9.90. The molecule has 0 radical (unpaired) electrons. The highest BCUT2D eigenvalue weighted by atomic mass is 16.3. The van der Waals surface area contributed by atoms with Crippen LogP contribution in [-0.4, -0.2) is 18.1 Å². The van der Waals surface area contributed by atoms with Crippen LogP contribution >= 0.6 is 0 Å². The quantitative estimate of drug-likeness (QED) is 0.795. The van der Waals surface area contributed by atoms with Gasteiger partial charge in [0.05, 0.1) is 0 Å². The number of aliphatic hydroxyl groups is 1. The first-order chi connectivity index (χ1) is 8.69. The van der Waals surface area contributed by atoms with E-state index in [0.29, 0.717) is 11.1 Å². The topological polar surface area (TPSA) is 49.3 Å². The Labute approximate surface area is 105 Å². The summed E-state index contributed by atoms with van der Waals surface area (Å²) in [6.45, 7) is 0. The van der Waals surface area contributed by atoms with Gasteiger partial charge in [-0.15, -0.1) is 0 Å². The first kappa shape index (κ1) is 11.0. The minimum Gasteiger partial charge on any atom is -0.372 e. The fraction of sp³-hybridized carbons (Fsp3) is 0.133. The number of nitrogens with one attached hydrogen (secondary N) is 1. The number of rotatable bonds is 1. The highest BCUT2D eigenvalue weighted by molar-refractivity contribution is 5.98. The lowest BCUT2D eigenvalue weighted by Gasteiger charge is -2.23. The van der Waals surface area contributed by atoms with E-state index in [2.05, 4.69) is 5.32 Å². The molecule has 0 saturated carbocycles. The molecule has 2 aromatic rings. The van der Waals surface area contributed by atoms with E-state index >= 15 is 0 Å². The highest BCUT2D eigenvalue weighted by Gasteiger charge is 2.46. The van der Waals surface area contributed by atoms with Gasteiger partial charge in [-0.05, 0) is 11.1 Å². The molecule has 0 bridgehead atoms. The second-order valence-corrected chi connectivity index (χ2v) is 4.38. The van der Waals surface area contributed by atoms with Crippen molar-refractivity contribution in [2.24, 2.45) is 0 Å². The second kappa shape index (κ2) is 3.68. The van der Waals surface area contributed by atoms with Crippen molar-refractivity contribution in [1.29, 1.82) is 0 Å². The molecular weight excluding hydrogens is 226 g/mol. The van der Waals surface area contributed by atoms with Gasteiger partial charge in [-0.3, -0.25) is 4.79 Å². The zero-order chi connectivity index (χ0) is 12.8. The van der Waals surface area contributed by atoms with Crippen molar-refractivity contribution in [2.45, 2.75) is 5.60 Å². The number of hydrogen-bond acceptors (Lipinski definition) is 2. The van der Waals surface area contributed by atoms with E-state index in [1.807, 2.05) is 36.4 Å². The van der Waals surface area contributed by atoms with Crippen LogP contribution in [0.5, 0.6) is 0 Å². The lowest BCUT2D eigenvalue weighted by molar-refractivity contribution is -0.135. The largest absolute Gasteiger partial charge is 0.372 e. The first-order valence-corrected chi connectivity index (χ1v) is 5.83. The Morgan fingerprint density at radius 1 is 1.00 bits per heavy atom. The summed E-state index contributed by atoms with van der Waals surface area (Å²) in [4.78, 5) is 12.1. The van der Waals surface area contributed by atoms with E-state index < -0.39 is 11.5 Å². The molecule has 2 N–H and O–H groups in total. The lowest BCUT2D eigenvalue weighted by Crippen LogP contribution is -2.42. The number of likely N-dealkylation sites (N-methyl/N-ethyl adjacent to an activating group) is 1. The van der Waals surface area contributed by atoms with E-state index in [1.165, 1.54) is 7.05 Å². The van der Waals surface area contributed by atoms with Crippen molar-refractivity contribution in [3.8, 4) is 11.1 Å². The van der Waals surface area contributed by atoms with Crippen LogP contribution in [0.3, 0.4) is 0 Å². The van der Waals surface area contributed by atoms with E-state index in [1.54, 1.807) is 12.1 Å². The second-order valence-electron chi connectivity index (χ2n) is 4.38. The third-order valence-electron chi connectivity index (χ3n) is 3.48. The summed E-state index contributed by atoms with van der Waals surface area (Å²) in [5.41, 5.74) is 1.54. The molecular formula is C15H13NO2. The summed E-state index contributed by atoms with van der Waals surface area (Å²) < 4.78 is 0. The Bertz CT molecular complexity index is 588. The summed E-state index contributed by atoms with van der Waals surface area (Å²) >= 11 is 0. The minimum absolute atomic E-state index is 0.403. The predicted octanol–water partition coefficient (Wildman–Crippen LogP) is 1.65. The molecule has 3 heteroatoms. The molecule has 0 atom stereocenters. The number of carbonyl (C=O) groups is 1.